The normalized spacial score (nSPS) is 12.3. The average Bonchev–Trinajstić information content (AvgIpc) is 2.55. The molecule has 1 N–H and O–H groups in total. The van der Waals surface area contributed by atoms with Crippen molar-refractivity contribution in [2.24, 2.45) is 0 Å². The smallest absolute Gasteiger partial charge is 0.262 e. The summed E-state index contributed by atoms with van der Waals surface area (Å²) in [7, 11) is -3.69. The van der Waals surface area contributed by atoms with E-state index in [0.717, 1.165) is 22.3 Å². The van der Waals surface area contributed by atoms with Crippen LogP contribution in [0.25, 0.3) is 0 Å². The van der Waals surface area contributed by atoms with Crippen LogP contribution in [0.3, 0.4) is 0 Å². The van der Waals surface area contributed by atoms with Crippen molar-refractivity contribution in [1.82, 2.24) is 0 Å². The van der Waals surface area contributed by atoms with Crippen LogP contribution < -0.4 is 4.72 Å². The van der Waals surface area contributed by atoms with E-state index in [-0.39, 0.29) is 11.8 Å². The summed E-state index contributed by atoms with van der Waals surface area (Å²) in [6.07, 6.45) is 0. The lowest BCUT2D eigenvalue weighted by atomic mass is 9.89. The molecule has 0 aliphatic rings. The lowest BCUT2D eigenvalue weighted by Crippen LogP contribution is -2.19. The predicted molar refractivity (Wildman–Crippen MR) is 115 cm³/mol. The third-order valence-electron chi connectivity index (χ3n) is 4.97. The fourth-order valence-corrected chi connectivity index (χ4v) is 5.15. The predicted octanol–water partition coefficient (Wildman–Crippen LogP) is 6.47. The van der Waals surface area contributed by atoms with Crippen LogP contribution in [0.15, 0.2) is 35.2 Å². The maximum atomic E-state index is 13.5. The maximum Gasteiger partial charge on any atom is 0.262 e. The number of hydrogen-bond acceptors (Lipinski definition) is 2. The molecule has 2 aromatic rings. The Morgan fingerprint density at radius 2 is 1.30 bits per heavy atom. The van der Waals surface area contributed by atoms with Gasteiger partial charge in [0.05, 0.1) is 10.6 Å². The lowest BCUT2D eigenvalue weighted by molar-refractivity contribution is 0.595. The molecule has 148 valence electrons. The number of anilines is 1. The highest BCUT2D eigenvalue weighted by Gasteiger charge is 2.27. The van der Waals surface area contributed by atoms with Gasteiger partial charge in [0.15, 0.2) is 0 Å². The van der Waals surface area contributed by atoms with Crippen LogP contribution in [0.4, 0.5) is 5.69 Å². The van der Waals surface area contributed by atoms with Crippen molar-refractivity contribution in [3.8, 4) is 0 Å². The summed E-state index contributed by atoms with van der Waals surface area (Å²) in [6, 6.07) is 9.90. The van der Waals surface area contributed by atoms with E-state index in [9.17, 15) is 8.42 Å². The fraction of sp³-hybridized carbons (Fsp3) is 0.478. The van der Waals surface area contributed by atoms with Gasteiger partial charge in [-0.1, -0.05) is 71.4 Å². The van der Waals surface area contributed by atoms with Crippen molar-refractivity contribution in [2.75, 3.05) is 4.72 Å². The minimum atomic E-state index is -3.69. The zero-order valence-electron chi connectivity index (χ0n) is 17.8. The first-order valence-corrected chi connectivity index (χ1v) is 11.2. The highest BCUT2D eigenvalue weighted by Crippen LogP contribution is 2.36. The van der Waals surface area contributed by atoms with Gasteiger partial charge >= 0.3 is 0 Å². The Hall–Kier alpha value is -1.81. The Labute approximate surface area is 165 Å². The molecule has 0 spiro atoms. The van der Waals surface area contributed by atoms with Crippen LogP contribution in [0.2, 0.25) is 0 Å². The van der Waals surface area contributed by atoms with E-state index in [2.05, 4.69) is 58.4 Å². The molecule has 0 aliphatic carbocycles. The minimum Gasteiger partial charge on any atom is -0.279 e. The van der Waals surface area contributed by atoms with Gasteiger partial charge in [-0.15, -0.1) is 0 Å². The molecule has 27 heavy (non-hydrogen) atoms. The van der Waals surface area contributed by atoms with E-state index in [1.807, 2.05) is 32.0 Å². The molecule has 0 atom stereocenters. The summed E-state index contributed by atoms with van der Waals surface area (Å²) in [5, 5.41) is 0. The maximum absolute atomic E-state index is 13.5. The summed E-state index contributed by atoms with van der Waals surface area (Å²) >= 11 is 0. The van der Waals surface area contributed by atoms with Crippen LogP contribution in [0.5, 0.6) is 0 Å². The largest absolute Gasteiger partial charge is 0.279 e. The van der Waals surface area contributed by atoms with Crippen LogP contribution in [0.1, 0.15) is 87.1 Å². The van der Waals surface area contributed by atoms with Gasteiger partial charge in [-0.05, 0) is 59.9 Å². The van der Waals surface area contributed by atoms with Crippen LogP contribution in [-0.4, -0.2) is 8.42 Å². The molecule has 0 heterocycles. The molecule has 0 aliphatic heterocycles. The zero-order valence-corrected chi connectivity index (χ0v) is 18.7. The van der Waals surface area contributed by atoms with Gasteiger partial charge in [0.2, 0.25) is 0 Å². The van der Waals surface area contributed by atoms with E-state index >= 15 is 0 Å². The Morgan fingerprint density at radius 3 is 1.70 bits per heavy atom. The molecule has 3 nitrogen and oxygen atoms in total. The molecule has 4 heteroatoms. The fourth-order valence-electron chi connectivity index (χ4n) is 3.32. The standard InChI is InChI=1S/C23H33NO2S/c1-14(2)19-12-20(15(3)4)23(21(13-19)16(5)6)27(25,26)24-22-10-9-17(7)11-18(22)8/h9-16,24H,1-8H3. The summed E-state index contributed by atoms with van der Waals surface area (Å²) < 4.78 is 29.8. The quantitative estimate of drug-likeness (QED) is 0.617. The first-order valence-electron chi connectivity index (χ1n) is 9.71. The molecule has 0 saturated heterocycles. The van der Waals surface area contributed by atoms with Crippen molar-refractivity contribution in [2.45, 2.75) is 78.0 Å². The third-order valence-corrected chi connectivity index (χ3v) is 6.47. The molecular weight excluding hydrogens is 354 g/mol. The van der Waals surface area contributed by atoms with E-state index in [4.69, 9.17) is 0 Å². The SMILES string of the molecule is Cc1ccc(NS(=O)(=O)c2c(C(C)C)cc(C(C)C)cc2C(C)C)c(C)c1. The Morgan fingerprint density at radius 1 is 0.778 bits per heavy atom. The van der Waals surface area contributed by atoms with Crippen LogP contribution >= 0.6 is 0 Å². The third kappa shape index (κ3) is 4.73. The van der Waals surface area contributed by atoms with Crippen molar-refractivity contribution in [3.63, 3.8) is 0 Å². The van der Waals surface area contributed by atoms with Crippen molar-refractivity contribution in [3.05, 3.63) is 58.1 Å². The highest BCUT2D eigenvalue weighted by molar-refractivity contribution is 7.92. The summed E-state index contributed by atoms with van der Waals surface area (Å²) in [5.74, 6) is 0.586. The molecule has 2 rings (SSSR count). The monoisotopic (exact) mass is 387 g/mol. The van der Waals surface area contributed by atoms with Gasteiger partial charge in [-0.3, -0.25) is 4.72 Å². The number of sulfonamides is 1. The highest BCUT2D eigenvalue weighted by atomic mass is 32.2. The molecule has 0 unspecified atom stereocenters. The molecule has 0 radical (unpaired) electrons. The number of aryl methyl sites for hydroxylation is 2. The van der Waals surface area contributed by atoms with Gasteiger partial charge in [-0.2, -0.15) is 0 Å². The number of hydrogen-bond donors (Lipinski definition) is 1. The Kier molecular flexibility index (Phi) is 6.41. The molecule has 2 aromatic carbocycles. The number of benzene rings is 2. The van der Waals surface area contributed by atoms with Gasteiger partial charge in [0.25, 0.3) is 10.0 Å². The van der Waals surface area contributed by atoms with Gasteiger partial charge in [0, 0.05) is 0 Å². The van der Waals surface area contributed by atoms with Gasteiger partial charge in [0.1, 0.15) is 0 Å². The van der Waals surface area contributed by atoms with E-state index < -0.39 is 10.0 Å². The topological polar surface area (TPSA) is 46.2 Å². The van der Waals surface area contributed by atoms with Gasteiger partial charge in [-0.25, -0.2) is 8.42 Å². The van der Waals surface area contributed by atoms with Crippen molar-refractivity contribution >= 4 is 15.7 Å². The second-order valence-corrected chi connectivity index (χ2v) is 10.0. The molecule has 0 amide bonds. The van der Waals surface area contributed by atoms with Crippen LogP contribution in [-0.2, 0) is 10.0 Å². The van der Waals surface area contributed by atoms with Crippen molar-refractivity contribution in [1.29, 1.82) is 0 Å². The van der Waals surface area contributed by atoms with E-state index in [1.54, 1.807) is 0 Å². The zero-order chi connectivity index (χ0) is 20.5. The first kappa shape index (κ1) is 21.5. The minimum absolute atomic E-state index is 0.117. The first-order chi connectivity index (χ1) is 12.4. The molecule has 0 fully saturated rings. The van der Waals surface area contributed by atoms with Crippen LogP contribution in [0, 0.1) is 13.8 Å². The number of rotatable bonds is 6. The average molecular weight is 388 g/mol. The molecule has 0 bridgehead atoms. The van der Waals surface area contributed by atoms with Crippen molar-refractivity contribution < 1.29 is 8.42 Å². The Balaban J connectivity index is 2.70. The number of nitrogens with one attached hydrogen (secondary N) is 1. The summed E-state index contributed by atoms with van der Waals surface area (Å²) in [5.41, 5.74) is 5.65. The lowest BCUT2D eigenvalue weighted by Gasteiger charge is -2.23. The molecular formula is C23H33NO2S. The Bertz CT molecular complexity index is 896. The summed E-state index contributed by atoms with van der Waals surface area (Å²) in [4.78, 5) is 0.442. The second kappa shape index (κ2) is 8.05. The molecule has 0 aromatic heterocycles. The summed E-state index contributed by atoms with van der Waals surface area (Å²) in [6.45, 7) is 16.4. The van der Waals surface area contributed by atoms with E-state index in [1.165, 1.54) is 5.56 Å². The molecule has 0 saturated carbocycles. The van der Waals surface area contributed by atoms with Gasteiger partial charge < -0.3 is 0 Å². The van der Waals surface area contributed by atoms with E-state index in [0.29, 0.717) is 16.5 Å². The second-order valence-electron chi connectivity index (χ2n) is 8.42.